The maximum atomic E-state index is 12.2. The summed E-state index contributed by atoms with van der Waals surface area (Å²) in [6, 6.07) is 7.54. The van der Waals surface area contributed by atoms with Crippen LogP contribution in [0, 0.1) is 0 Å². The Morgan fingerprint density at radius 2 is 1.95 bits per heavy atom. The summed E-state index contributed by atoms with van der Waals surface area (Å²) >= 11 is 3.41. The van der Waals surface area contributed by atoms with E-state index < -0.39 is 5.97 Å². The van der Waals surface area contributed by atoms with Crippen LogP contribution in [0.25, 0.3) is 0 Å². The second kappa shape index (κ2) is 7.28. The van der Waals surface area contributed by atoms with Crippen LogP contribution < -0.4 is 0 Å². The van der Waals surface area contributed by atoms with E-state index in [1.807, 2.05) is 38.1 Å². The third-order valence-electron chi connectivity index (χ3n) is 2.81. The Hall–Kier alpha value is -1.36. The average Bonchev–Trinajstić information content (AvgIpc) is 2.31. The lowest BCUT2D eigenvalue weighted by molar-refractivity contribution is -0.139. The van der Waals surface area contributed by atoms with Crippen LogP contribution in [-0.2, 0) is 16.0 Å². The van der Waals surface area contributed by atoms with Gasteiger partial charge in [0.25, 0.3) is 0 Å². The molecule has 0 saturated carbocycles. The number of carboxylic acid groups (broad SMARTS) is 1. The van der Waals surface area contributed by atoms with Crippen molar-refractivity contribution in [2.24, 2.45) is 0 Å². The molecule has 0 fully saturated rings. The van der Waals surface area contributed by atoms with E-state index >= 15 is 0 Å². The molecule has 0 aliphatic carbocycles. The van der Waals surface area contributed by atoms with Crippen molar-refractivity contribution < 1.29 is 14.7 Å². The van der Waals surface area contributed by atoms with Gasteiger partial charge >= 0.3 is 5.97 Å². The van der Waals surface area contributed by atoms with E-state index in [9.17, 15) is 9.59 Å². The molecule has 0 aliphatic heterocycles. The third-order valence-corrected chi connectivity index (χ3v) is 3.58. The zero-order chi connectivity index (χ0) is 14.4. The molecule has 0 atom stereocenters. The molecule has 0 spiro atoms. The van der Waals surface area contributed by atoms with Crippen LogP contribution in [0.15, 0.2) is 28.7 Å². The van der Waals surface area contributed by atoms with Gasteiger partial charge in [0.2, 0.25) is 5.91 Å². The van der Waals surface area contributed by atoms with Crippen LogP contribution in [-0.4, -0.2) is 34.5 Å². The molecule has 0 heterocycles. The van der Waals surface area contributed by atoms with Gasteiger partial charge in [-0.3, -0.25) is 9.59 Å². The first-order chi connectivity index (χ1) is 8.91. The number of aliphatic carboxylic acids is 1. The van der Waals surface area contributed by atoms with Gasteiger partial charge in [0.15, 0.2) is 0 Å². The van der Waals surface area contributed by atoms with Crippen LogP contribution in [0.1, 0.15) is 25.8 Å². The standard InChI is InChI=1S/C14H18BrNO3/c1-10(2)16(8-7-14(18)19)13(17)9-11-5-3-4-6-12(11)15/h3-6,10H,7-9H2,1-2H3,(H,18,19). The van der Waals surface area contributed by atoms with E-state index in [0.29, 0.717) is 0 Å². The van der Waals surface area contributed by atoms with Crippen molar-refractivity contribution in [3.8, 4) is 0 Å². The molecule has 19 heavy (non-hydrogen) atoms. The van der Waals surface area contributed by atoms with E-state index in [1.165, 1.54) is 0 Å². The summed E-state index contributed by atoms with van der Waals surface area (Å²) in [6.45, 7) is 4.02. The van der Waals surface area contributed by atoms with Gasteiger partial charge in [0.05, 0.1) is 12.8 Å². The summed E-state index contributed by atoms with van der Waals surface area (Å²) < 4.78 is 0.894. The maximum absolute atomic E-state index is 12.2. The number of hydrogen-bond acceptors (Lipinski definition) is 2. The topological polar surface area (TPSA) is 57.6 Å². The van der Waals surface area contributed by atoms with Crippen LogP contribution in [0.5, 0.6) is 0 Å². The normalized spacial score (nSPS) is 10.5. The van der Waals surface area contributed by atoms with Crippen LogP contribution >= 0.6 is 15.9 Å². The molecule has 0 bridgehead atoms. The summed E-state index contributed by atoms with van der Waals surface area (Å²) in [5, 5.41) is 8.71. The van der Waals surface area contributed by atoms with Gasteiger partial charge in [-0.2, -0.15) is 0 Å². The number of carboxylic acids is 1. The summed E-state index contributed by atoms with van der Waals surface area (Å²) in [6.07, 6.45) is 0.249. The zero-order valence-electron chi connectivity index (χ0n) is 11.1. The third kappa shape index (κ3) is 5.03. The van der Waals surface area contributed by atoms with Gasteiger partial charge in [0, 0.05) is 17.1 Å². The Morgan fingerprint density at radius 3 is 2.47 bits per heavy atom. The summed E-state index contributed by atoms with van der Waals surface area (Å²) in [7, 11) is 0. The van der Waals surface area contributed by atoms with Crippen molar-refractivity contribution in [2.45, 2.75) is 32.7 Å². The van der Waals surface area contributed by atoms with Gasteiger partial charge in [-0.1, -0.05) is 34.1 Å². The van der Waals surface area contributed by atoms with Crippen molar-refractivity contribution in [2.75, 3.05) is 6.54 Å². The molecule has 0 saturated heterocycles. The summed E-state index contributed by atoms with van der Waals surface area (Å²) in [5.41, 5.74) is 0.911. The quantitative estimate of drug-likeness (QED) is 0.873. The molecule has 4 nitrogen and oxygen atoms in total. The number of rotatable bonds is 6. The molecule has 1 N–H and O–H groups in total. The van der Waals surface area contributed by atoms with Crippen molar-refractivity contribution in [3.63, 3.8) is 0 Å². The molecule has 0 aromatic heterocycles. The molecular formula is C14H18BrNO3. The fraction of sp³-hybridized carbons (Fsp3) is 0.429. The highest BCUT2D eigenvalue weighted by Crippen LogP contribution is 2.17. The van der Waals surface area contributed by atoms with Crippen molar-refractivity contribution >= 4 is 27.8 Å². The molecule has 1 rings (SSSR count). The minimum absolute atomic E-state index is 0.00524. The second-order valence-electron chi connectivity index (χ2n) is 4.59. The van der Waals surface area contributed by atoms with Gasteiger partial charge in [-0.15, -0.1) is 0 Å². The average molecular weight is 328 g/mol. The minimum Gasteiger partial charge on any atom is -0.481 e. The zero-order valence-corrected chi connectivity index (χ0v) is 12.7. The number of carbonyl (C=O) groups is 2. The number of carbonyl (C=O) groups excluding carboxylic acids is 1. The monoisotopic (exact) mass is 327 g/mol. The van der Waals surface area contributed by atoms with Gasteiger partial charge in [-0.25, -0.2) is 0 Å². The SMILES string of the molecule is CC(C)N(CCC(=O)O)C(=O)Cc1ccccc1Br. The Kier molecular flexibility index (Phi) is 6.02. The first-order valence-electron chi connectivity index (χ1n) is 6.16. The minimum atomic E-state index is -0.889. The molecule has 104 valence electrons. The molecule has 0 unspecified atom stereocenters. The predicted molar refractivity (Wildman–Crippen MR) is 76.9 cm³/mol. The first-order valence-corrected chi connectivity index (χ1v) is 6.95. The lowest BCUT2D eigenvalue weighted by Gasteiger charge is -2.26. The Balaban J connectivity index is 2.72. The van der Waals surface area contributed by atoms with E-state index in [4.69, 9.17) is 5.11 Å². The predicted octanol–water partition coefficient (Wildman–Crippen LogP) is 2.70. The van der Waals surface area contributed by atoms with E-state index in [-0.39, 0.29) is 31.3 Å². The molecule has 0 aliphatic rings. The fourth-order valence-corrected chi connectivity index (χ4v) is 2.22. The van der Waals surface area contributed by atoms with Crippen molar-refractivity contribution in [3.05, 3.63) is 34.3 Å². The molecule has 5 heteroatoms. The molecule has 1 aromatic rings. The van der Waals surface area contributed by atoms with Crippen LogP contribution in [0.4, 0.5) is 0 Å². The van der Waals surface area contributed by atoms with E-state index in [2.05, 4.69) is 15.9 Å². The smallest absolute Gasteiger partial charge is 0.305 e. The van der Waals surface area contributed by atoms with Gasteiger partial charge in [0.1, 0.15) is 0 Å². The largest absolute Gasteiger partial charge is 0.481 e. The van der Waals surface area contributed by atoms with Gasteiger partial charge in [-0.05, 0) is 25.5 Å². The van der Waals surface area contributed by atoms with Crippen molar-refractivity contribution in [1.29, 1.82) is 0 Å². The molecule has 1 amide bonds. The van der Waals surface area contributed by atoms with Crippen molar-refractivity contribution in [1.82, 2.24) is 4.90 Å². The highest BCUT2D eigenvalue weighted by atomic mass is 79.9. The number of halogens is 1. The van der Waals surface area contributed by atoms with Gasteiger partial charge < -0.3 is 10.0 Å². The maximum Gasteiger partial charge on any atom is 0.305 e. The highest BCUT2D eigenvalue weighted by Gasteiger charge is 2.18. The number of hydrogen-bond donors (Lipinski definition) is 1. The first kappa shape index (κ1) is 15.7. The van der Waals surface area contributed by atoms with E-state index in [1.54, 1.807) is 4.90 Å². The molecule has 0 radical (unpaired) electrons. The Labute approximate surface area is 121 Å². The Morgan fingerprint density at radius 1 is 1.32 bits per heavy atom. The number of amides is 1. The number of benzene rings is 1. The summed E-state index contributed by atoms with van der Waals surface area (Å²) in [4.78, 5) is 24.5. The highest BCUT2D eigenvalue weighted by molar-refractivity contribution is 9.10. The fourth-order valence-electron chi connectivity index (χ4n) is 1.79. The lowest BCUT2D eigenvalue weighted by Crippen LogP contribution is -2.39. The lowest BCUT2D eigenvalue weighted by atomic mass is 10.1. The molecule has 1 aromatic carbocycles. The molecular weight excluding hydrogens is 310 g/mol. The van der Waals surface area contributed by atoms with E-state index in [0.717, 1.165) is 10.0 Å². The summed E-state index contributed by atoms with van der Waals surface area (Å²) in [5.74, 6) is -0.942. The second-order valence-corrected chi connectivity index (χ2v) is 5.45. The van der Waals surface area contributed by atoms with Crippen LogP contribution in [0.2, 0.25) is 0 Å². The Bertz CT molecular complexity index is 460. The van der Waals surface area contributed by atoms with Crippen LogP contribution in [0.3, 0.4) is 0 Å². The number of nitrogens with zero attached hydrogens (tertiary/aromatic N) is 1.